The monoisotopic (exact) mass is 504 g/mol. The van der Waals surface area contributed by atoms with E-state index in [1.807, 2.05) is 45.9 Å². The molecule has 0 aliphatic heterocycles. The molecule has 1 saturated carbocycles. The third-order valence-electron chi connectivity index (χ3n) is 6.31. The molecule has 1 fully saturated rings. The molecule has 1 aliphatic carbocycles. The number of pyridine rings is 1. The molecule has 37 heavy (non-hydrogen) atoms. The second kappa shape index (κ2) is 15.5. The molecule has 0 saturated heterocycles. The molecule has 0 spiro atoms. The molecule has 0 unspecified atom stereocenters. The fourth-order valence-corrected chi connectivity index (χ4v) is 4.47. The third kappa shape index (κ3) is 8.81. The van der Waals surface area contributed by atoms with Crippen LogP contribution in [0.15, 0.2) is 60.8 Å². The highest BCUT2D eigenvalue weighted by Gasteiger charge is 2.15. The Bertz CT molecular complexity index is 1090. The lowest BCUT2D eigenvalue weighted by atomic mass is 9.84. The maximum absolute atomic E-state index is 11.3. The van der Waals surface area contributed by atoms with E-state index in [1.54, 1.807) is 12.1 Å². The number of amides is 1. The molecule has 1 heterocycles. The number of anilines is 2. The van der Waals surface area contributed by atoms with Crippen LogP contribution in [0, 0.1) is 6.92 Å². The van der Waals surface area contributed by atoms with Gasteiger partial charge in [0, 0.05) is 30.7 Å². The topological polar surface area (TPSA) is 80.5 Å². The molecule has 1 aromatic heterocycles. The number of nitrogens with two attached hydrogens (primary N) is 1. The van der Waals surface area contributed by atoms with Gasteiger partial charge in [-0.15, -0.1) is 0 Å². The number of hydrogen-bond donors (Lipinski definition) is 2. The highest BCUT2D eigenvalue weighted by molar-refractivity contribution is 5.91. The number of nitrogens with zero attached hydrogens (tertiary/aromatic N) is 2. The maximum Gasteiger partial charge on any atom is 0.267 e. The van der Waals surface area contributed by atoms with Crippen LogP contribution in [0.5, 0.6) is 11.5 Å². The summed E-state index contributed by atoms with van der Waals surface area (Å²) in [6.07, 6.45) is 8.25. The van der Waals surface area contributed by atoms with Crippen LogP contribution in [0.3, 0.4) is 0 Å². The molecule has 0 bridgehead atoms. The van der Waals surface area contributed by atoms with Crippen LogP contribution in [-0.4, -0.2) is 24.6 Å². The number of nitrogens with one attached hydrogen (secondary N) is 1. The number of carbonyl (C=O) groups is 1. The second-order valence-electron chi connectivity index (χ2n) is 8.78. The Labute approximate surface area is 223 Å². The predicted molar refractivity (Wildman–Crippen MR) is 156 cm³/mol. The molecule has 0 atom stereocenters. The average molecular weight is 505 g/mol. The van der Waals surface area contributed by atoms with E-state index in [-0.39, 0.29) is 5.69 Å². The van der Waals surface area contributed by atoms with Crippen molar-refractivity contribution in [2.75, 3.05) is 23.9 Å². The summed E-state index contributed by atoms with van der Waals surface area (Å²) in [5.41, 5.74) is 10.3. The van der Waals surface area contributed by atoms with Gasteiger partial charge in [0.1, 0.15) is 17.2 Å². The highest BCUT2D eigenvalue weighted by Crippen LogP contribution is 2.33. The molecule has 6 heteroatoms. The van der Waals surface area contributed by atoms with Crippen LogP contribution in [0.1, 0.15) is 87.3 Å². The second-order valence-corrected chi connectivity index (χ2v) is 8.78. The number of primary amides is 1. The van der Waals surface area contributed by atoms with Crippen LogP contribution < -0.4 is 20.7 Å². The van der Waals surface area contributed by atoms with Gasteiger partial charge in [0.2, 0.25) is 0 Å². The molecular weight excluding hydrogens is 460 g/mol. The van der Waals surface area contributed by atoms with Gasteiger partial charge in [0.25, 0.3) is 5.91 Å². The minimum Gasteiger partial charge on any atom is -0.457 e. The van der Waals surface area contributed by atoms with Crippen molar-refractivity contribution >= 4 is 17.3 Å². The molecule has 1 amide bonds. The zero-order chi connectivity index (χ0) is 27.2. The summed E-state index contributed by atoms with van der Waals surface area (Å²) in [6.45, 7) is 10.7. The normalized spacial score (nSPS) is 12.8. The van der Waals surface area contributed by atoms with E-state index in [2.05, 4.69) is 53.4 Å². The maximum atomic E-state index is 11.3. The zero-order valence-electron chi connectivity index (χ0n) is 23.4. The minimum absolute atomic E-state index is 0.179. The number of hydrogen-bond acceptors (Lipinski definition) is 5. The Balaban J connectivity index is 0.00000115. The largest absolute Gasteiger partial charge is 0.457 e. The Morgan fingerprint density at radius 2 is 1.62 bits per heavy atom. The van der Waals surface area contributed by atoms with Gasteiger partial charge in [-0.25, -0.2) is 0 Å². The first-order chi connectivity index (χ1) is 18.0. The molecule has 200 valence electrons. The van der Waals surface area contributed by atoms with Gasteiger partial charge >= 0.3 is 0 Å². The first-order valence-electron chi connectivity index (χ1n) is 13.6. The summed E-state index contributed by atoms with van der Waals surface area (Å²) in [7, 11) is 2.06. The minimum atomic E-state index is -0.579. The summed E-state index contributed by atoms with van der Waals surface area (Å²) in [6, 6.07) is 18.1. The van der Waals surface area contributed by atoms with Crippen LogP contribution in [-0.2, 0) is 0 Å². The number of aromatic nitrogens is 1. The number of benzene rings is 2. The van der Waals surface area contributed by atoms with Gasteiger partial charge in [-0.1, -0.05) is 59.1 Å². The molecule has 6 nitrogen and oxygen atoms in total. The van der Waals surface area contributed by atoms with Crippen molar-refractivity contribution in [2.24, 2.45) is 5.73 Å². The summed E-state index contributed by atoms with van der Waals surface area (Å²) < 4.78 is 5.89. The lowest BCUT2D eigenvalue weighted by Gasteiger charge is -2.24. The summed E-state index contributed by atoms with van der Waals surface area (Å²) in [4.78, 5) is 17.4. The van der Waals surface area contributed by atoms with Gasteiger partial charge in [-0.3, -0.25) is 9.78 Å². The van der Waals surface area contributed by atoms with E-state index in [0.717, 1.165) is 22.9 Å². The first-order valence-corrected chi connectivity index (χ1v) is 13.6. The summed E-state index contributed by atoms with van der Waals surface area (Å²) >= 11 is 0. The standard InChI is InChI=1S/C27H32N4O2.2C2H6/c1-19-16-23(33-24-14-15-29-25(17-24)27(28)32)12-13-26(19)31(2)18-30-22-10-8-21(9-11-22)20-6-4-3-5-7-20;2*1-2/h8-17,20,30H,3-7,18H2,1-2H3,(H2,28,32);2*1-2H3. The molecule has 1 aliphatic rings. The van der Waals surface area contributed by atoms with Crippen LogP contribution in [0.25, 0.3) is 0 Å². The van der Waals surface area contributed by atoms with E-state index < -0.39 is 5.91 Å². The molecule has 3 N–H and O–H groups in total. The lowest BCUT2D eigenvalue weighted by molar-refractivity contribution is 0.0995. The fourth-order valence-electron chi connectivity index (χ4n) is 4.47. The summed E-state index contributed by atoms with van der Waals surface area (Å²) in [5.74, 6) is 1.37. The van der Waals surface area contributed by atoms with E-state index in [0.29, 0.717) is 18.2 Å². The van der Waals surface area contributed by atoms with E-state index in [1.165, 1.54) is 43.9 Å². The van der Waals surface area contributed by atoms with Gasteiger partial charge in [0.05, 0.1) is 6.67 Å². The Morgan fingerprint density at radius 3 is 2.24 bits per heavy atom. The number of aryl methyl sites for hydroxylation is 1. The molecule has 4 rings (SSSR count). The smallest absolute Gasteiger partial charge is 0.267 e. The van der Waals surface area contributed by atoms with Crippen molar-refractivity contribution in [3.63, 3.8) is 0 Å². The van der Waals surface area contributed by atoms with Crippen molar-refractivity contribution in [1.29, 1.82) is 0 Å². The fraction of sp³-hybridized carbons (Fsp3) is 0.419. The molecular formula is C31H44N4O2. The van der Waals surface area contributed by atoms with Crippen LogP contribution in [0.4, 0.5) is 11.4 Å². The van der Waals surface area contributed by atoms with E-state index >= 15 is 0 Å². The molecule has 2 aromatic carbocycles. The highest BCUT2D eigenvalue weighted by atomic mass is 16.5. The van der Waals surface area contributed by atoms with Crippen LogP contribution in [0.2, 0.25) is 0 Å². The quantitative estimate of drug-likeness (QED) is 0.305. The Morgan fingerprint density at radius 1 is 0.973 bits per heavy atom. The van der Waals surface area contributed by atoms with E-state index in [4.69, 9.17) is 10.5 Å². The van der Waals surface area contributed by atoms with Crippen molar-refractivity contribution in [2.45, 2.75) is 72.6 Å². The van der Waals surface area contributed by atoms with Gasteiger partial charge in [-0.2, -0.15) is 0 Å². The third-order valence-corrected chi connectivity index (χ3v) is 6.31. The number of carbonyl (C=O) groups excluding carboxylic acids is 1. The molecule has 0 radical (unpaired) electrons. The Hall–Kier alpha value is -3.54. The SMILES string of the molecule is CC.CC.Cc1cc(Oc2ccnc(C(N)=O)c2)ccc1N(C)CNc1ccc(C2CCCCC2)cc1. The van der Waals surface area contributed by atoms with Crippen molar-refractivity contribution < 1.29 is 9.53 Å². The zero-order valence-corrected chi connectivity index (χ0v) is 23.4. The van der Waals surface area contributed by atoms with E-state index in [9.17, 15) is 4.79 Å². The first kappa shape index (κ1) is 29.7. The number of rotatable bonds is 8. The van der Waals surface area contributed by atoms with Crippen molar-refractivity contribution in [3.05, 3.63) is 77.6 Å². The van der Waals surface area contributed by atoms with Crippen molar-refractivity contribution in [3.8, 4) is 11.5 Å². The molecule has 3 aromatic rings. The van der Waals surface area contributed by atoms with Gasteiger partial charge in [0.15, 0.2) is 0 Å². The lowest BCUT2D eigenvalue weighted by Crippen LogP contribution is -2.25. The predicted octanol–water partition coefficient (Wildman–Crippen LogP) is 7.89. The van der Waals surface area contributed by atoms with Crippen molar-refractivity contribution in [1.82, 2.24) is 4.98 Å². The average Bonchev–Trinajstić information content (AvgIpc) is 2.95. The van der Waals surface area contributed by atoms with Crippen LogP contribution >= 0.6 is 0 Å². The number of ether oxygens (including phenoxy) is 1. The van der Waals surface area contributed by atoms with Gasteiger partial charge < -0.3 is 20.7 Å². The summed E-state index contributed by atoms with van der Waals surface area (Å²) in [5, 5.41) is 3.52. The van der Waals surface area contributed by atoms with Gasteiger partial charge in [-0.05, 0) is 73.2 Å². The Kier molecular flexibility index (Phi) is 12.5.